The standard InChI is InChI=1S/C21H29N3O2/c1-17-14-22-20(16-26-2)24(17)15-19-10-12-23(13-11-19)21(25)9-8-18-6-4-3-5-7-18/h3-7,14,19H,8-13,15-16H2,1-2H3. The Labute approximate surface area is 156 Å². The first-order chi connectivity index (χ1) is 12.7. The molecule has 5 heteroatoms. The lowest BCUT2D eigenvalue weighted by Gasteiger charge is -2.32. The number of benzene rings is 1. The molecule has 0 N–H and O–H groups in total. The summed E-state index contributed by atoms with van der Waals surface area (Å²) in [6, 6.07) is 10.2. The minimum atomic E-state index is 0.284. The maximum absolute atomic E-state index is 12.5. The number of methoxy groups -OCH3 is 1. The topological polar surface area (TPSA) is 47.4 Å². The molecule has 0 bridgehead atoms. The molecule has 0 radical (unpaired) electrons. The van der Waals surface area contributed by atoms with Crippen LogP contribution in [0, 0.1) is 12.8 Å². The predicted molar refractivity (Wildman–Crippen MR) is 102 cm³/mol. The Morgan fingerprint density at radius 2 is 1.96 bits per heavy atom. The van der Waals surface area contributed by atoms with E-state index in [0.29, 0.717) is 18.9 Å². The average molecular weight is 355 g/mol. The highest BCUT2D eigenvalue weighted by Crippen LogP contribution is 2.22. The average Bonchev–Trinajstić information content (AvgIpc) is 3.01. The van der Waals surface area contributed by atoms with Gasteiger partial charge in [0.25, 0.3) is 0 Å². The van der Waals surface area contributed by atoms with Crippen LogP contribution >= 0.6 is 0 Å². The lowest BCUT2D eigenvalue weighted by Crippen LogP contribution is -2.39. The van der Waals surface area contributed by atoms with Crippen molar-refractivity contribution in [2.24, 2.45) is 5.92 Å². The number of carbonyl (C=O) groups is 1. The van der Waals surface area contributed by atoms with Crippen LogP contribution in [-0.2, 0) is 29.1 Å². The Bertz CT molecular complexity index is 703. The zero-order valence-corrected chi connectivity index (χ0v) is 15.9. The summed E-state index contributed by atoms with van der Waals surface area (Å²) in [5.74, 6) is 1.87. The second-order valence-corrected chi connectivity index (χ2v) is 7.17. The predicted octanol–water partition coefficient (Wildman–Crippen LogP) is 3.21. The summed E-state index contributed by atoms with van der Waals surface area (Å²) in [5.41, 5.74) is 2.41. The molecule has 0 spiro atoms. The maximum atomic E-state index is 12.5. The molecular formula is C21H29N3O2. The van der Waals surface area contributed by atoms with Gasteiger partial charge in [-0.3, -0.25) is 4.79 Å². The van der Waals surface area contributed by atoms with Crippen molar-refractivity contribution in [3.63, 3.8) is 0 Å². The highest BCUT2D eigenvalue weighted by atomic mass is 16.5. The lowest BCUT2D eigenvalue weighted by atomic mass is 9.96. The molecule has 2 heterocycles. The van der Waals surface area contributed by atoms with Crippen LogP contribution in [0.25, 0.3) is 0 Å². The van der Waals surface area contributed by atoms with E-state index in [2.05, 4.69) is 28.6 Å². The molecule has 26 heavy (non-hydrogen) atoms. The van der Waals surface area contributed by atoms with E-state index in [1.165, 1.54) is 11.3 Å². The number of piperidine rings is 1. The van der Waals surface area contributed by atoms with E-state index in [1.807, 2.05) is 29.3 Å². The Balaban J connectivity index is 1.47. The third kappa shape index (κ3) is 4.73. The minimum Gasteiger partial charge on any atom is -0.377 e. The smallest absolute Gasteiger partial charge is 0.222 e. The molecule has 2 aromatic rings. The van der Waals surface area contributed by atoms with E-state index in [1.54, 1.807) is 7.11 Å². The molecule has 1 fully saturated rings. The van der Waals surface area contributed by atoms with Crippen LogP contribution in [0.2, 0.25) is 0 Å². The van der Waals surface area contributed by atoms with Crippen LogP contribution in [0.5, 0.6) is 0 Å². The van der Waals surface area contributed by atoms with Crippen molar-refractivity contribution in [1.29, 1.82) is 0 Å². The van der Waals surface area contributed by atoms with Crippen LogP contribution in [0.15, 0.2) is 36.5 Å². The largest absolute Gasteiger partial charge is 0.377 e. The van der Waals surface area contributed by atoms with Crippen molar-refractivity contribution in [2.45, 2.75) is 45.8 Å². The number of ether oxygens (including phenoxy) is 1. The fraction of sp³-hybridized carbons (Fsp3) is 0.524. The number of hydrogen-bond acceptors (Lipinski definition) is 3. The number of nitrogens with zero attached hydrogens (tertiary/aromatic N) is 3. The Kier molecular flexibility index (Phi) is 6.45. The van der Waals surface area contributed by atoms with Crippen molar-refractivity contribution < 1.29 is 9.53 Å². The van der Waals surface area contributed by atoms with Gasteiger partial charge in [-0.1, -0.05) is 30.3 Å². The number of likely N-dealkylation sites (tertiary alicyclic amines) is 1. The first kappa shape index (κ1) is 18.6. The van der Waals surface area contributed by atoms with Crippen LogP contribution in [0.3, 0.4) is 0 Å². The van der Waals surface area contributed by atoms with E-state index in [0.717, 1.165) is 44.7 Å². The number of hydrogen-bond donors (Lipinski definition) is 0. The molecule has 1 amide bonds. The van der Waals surface area contributed by atoms with Crippen molar-refractivity contribution in [1.82, 2.24) is 14.5 Å². The summed E-state index contributed by atoms with van der Waals surface area (Å²) < 4.78 is 7.51. The zero-order valence-electron chi connectivity index (χ0n) is 15.9. The molecule has 0 aliphatic carbocycles. The van der Waals surface area contributed by atoms with Gasteiger partial charge in [-0.25, -0.2) is 4.98 Å². The molecule has 0 atom stereocenters. The number of carbonyl (C=O) groups excluding carboxylic acids is 1. The van der Waals surface area contributed by atoms with Crippen LogP contribution in [0.4, 0.5) is 0 Å². The molecule has 1 aliphatic heterocycles. The molecule has 0 saturated carbocycles. The Morgan fingerprint density at radius 3 is 2.65 bits per heavy atom. The first-order valence-corrected chi connectivity index (χ1v) is 9.49. The normalized spacial score (nSPS) is 15.4. The van der Waals surface area contributed by atoms with Crippen LogP contribution in [-0.4, -0.2) is 40.6 Å². The van der Waals surface area contributed by atoms with Gasteiger partial charge in [0.05, 0.1) is 0 Å². The second kappa shape index (κ2) is 8.99. The number of aryl methyl sites for hydroxylation is 2. The highest BCUT2D eigenvalue weighted by molar-refractivity contribution is 5.76. The molecule has 3 rings (SSSR count). The van der Waals surface area contributed by atoms with Gasteiger partial charge in [-0.05, 0) is 37.7 Å². The van der Waals surface area contributed by atoms with Crippen molar-refractivity contribution in [3.8, 4) is 0 Å². The number of rotatable bonds is 7. The van der Waals surface area contributed by atoms with Gasteiger partial charge in [0.2, 0.25) is 5.91 Å². The Morgan fingerprint density at radius 1 is 1.23 bits per heavy atom. The van der Waals surface area contributed by atoms with Crippen molar-refractivity contribution in [2.75, 3.05) is 20.2 Å². The summed E-state index contributed by atoms with van der Waals surface area (Å²) in [6.45, 7) is 5.34. The van der Waals surface area contributed by atoms with Gasteiger partial charge >= 0.3 is 0 Å². The first-order valence-electron chi connectivity index (χ1n) is 9.49. The monoisotopic (exact) mass is 355 g/mol. The van der Waals surface area contributed by atoms with Gasteiger partial charge < -0.3 is 14.2 Å². The molecule has 1 aromatic carbocycles. The highest BCUT2D eigenvalue weighted by Gasteiger charge is 2.23. The van der Waals surface area contributed by atoms with Gasteiger partial charge in [0.1, 0.15) is 12.4 Å². The fourth-order valence-electron chi connectivity index (χ4n) is 3.68. The summed E-state index contributed by atoms with van der Waals surface area (Å²) in [7, 11) is 1.70. The molecule has 5 nitrogen and oxygen atoms in total. The fourth-order valence-corrected chi connectivity index (χ4v) is 3.68. The number of aromatic nitrogens is 2. The van der Waals surface area contributed by atoms with E-state index in [-0.39, 0.29) is 5.91 Å². The third-order valence-electron chi connectivity index (χ3n) is 5.29. The molecular weight excluding hydrogens is 326 g/mol. The lowest BCUT2D eigenvalue weighted by molar-refractivity contribution is -0.132. The van der Waals surface area contributed by atoms with Gasteiger partial charge in [0.15, 0.2) is 0 Å². The van der Waals surface area contributed by atoms with E-state index in [9.17, 15) is 4.79 Å². The molecule has 1 saturated heterocycles. The van der Waals surface area contributed by atoms with Gasteiger partial charge in [-0.2, -0.15) is 0 Å². The van der Waals surface area contributed by atoms with E-state index >= 15 is 0 Å². The number of imidazole rings is 1. The summed E-state index contributed by atoms with van der Waals surface area (Å²) in [6.07, 6.45) is 5.46. The van der Waals surface area contributed by atoms with Crippen LogP contribution in [0.1, 0.15) is 36.3 Å². The van der Waals surface area contributed by atoms with Crippen molar-refractivity contribution in [3.05, 3.63) is 53.6 Å². The summed E-state index contributed by atoms with van der Waals surface area (Å²) in [4.78, 5) is 19.0. The minimum absolute atomic E-state index is 0.284. The van der Waals surface area contributed by atoms with E-state index < -0.39 is 0 Å². The Hall–Kier alpha value is -2.14. The molecule has 0 unspecified atom stereocenters. The van der Waals surface area contributed by atoms with Gasteiger partial charge in [0, 0.05) is 45.1 Å². The SMILES string of the molecule is COCc1ncc(C)n1CC1CCN(C(=O)CCc2ccccc2)CC1. The van der Waals surface area contributed by atoms with E-state index in [4.69, 9.17) is 4.74 Å². The maximum Gasteiger partial charge on any atom is 0.222 e. The third-order valence-corrected chi connectivity index (χ3v) is 5.29. The molecule has 140 valence electrons. The summed E-state index contributed by atoms with van der Waals surface area (Å²) >= 11 is 0. The number of amides is 1. The molecule has 1 aromatic heterocycles. The van der Waals surface area contributed by atoms with Crippen LogP contribution < -0.4 is 0 Å². The second-order valence-electron chi connectivity index (χ2n) is 7.17. The quantitative estimate of drug-likeness (QED) is 0.766. The van der Waals surface area contributed by atoms with Gasteiger partial charge in [-0.15, -0.1) is 0 Å². The molecule has 1 aliphatic rings. The zero-order chi connectivity index (χ0) is 18.4. The summed E-state index contributed by atoms with van der Waals surface area (Å²) in [5, 5.41) is 0. The van der Waals surface area contributed by atoms with Crippen molar-refractivity contribution >= 4 is 5.91 Å².